The fraction of sp³-hybridized carbons (Fsp3) is 0.750. The van der Waals surface area contributed by atoms with Gasteiger partial charge in [0.25, 0.3) is 0 Å². The average Bonchev–Trinajstić information content (AvgIpc) is 2.96. The monoisotopic (exact) mass is 406 g/mol. The molecular formula is C24H47BN2O2. The topological polar surface area (TPSA) is 24.9 Å². The van der Waals surface area contributed by atoms with E-state index in [-0.39, 0.29) is 18.3 Å². The predicted molar refractivity (Wildman–Crippen MR) is 129 cm³/mol. The fourth-order valence-corrected chi connectivity index (χ4v) is 3.02. The second-order valence-corrected chi connectivity index (χ2v) is 7.91. The molecule has 0 bridgehead atoms. The van der Waals surface area contributed by atoms with Crippen molar-refractivity contribution in [2.75, 3.05) is 33.2 Å². The lowest BCUT2D eigenvalue weighted by atomic mass is 9.79. The van der Waals surface area contributed by atoms with Crippen LogP contribution in [0.15, 0.2) is 24.3 Å². The van der Waals surface area contributed by atoms with Crippen molar-refractivity contribution in [1.82, 2.24) is 9.80 Å². The molecule has 29 heavy (non-hydrogen) atoms. The zero-order valence-electron chi connectivity index (χ0n) is 21.1. The minimum atomic E-state index is -0.282. The van der Waals surface area contributed by atoms with Gasteiger partial charge in [0.15, 0.2) is 0 Å². The Morgan fingerprint density at radius 2 is 1.17 bits per heavy atom. The highest BCUT2D eigenvalue weighted by Gasteiger charge is 2.51. The van der Waals surface area contributed by atoms with Gasteiger partial charge in [0, 0.05) is 32.7 Å². The van der Waals surface area contributed by atoms with Crippen LogP contribution in [-0.2, 0) is 15.9 Å². The van der Waals surface area contributed by atoms with Crippen LogP contribution in [0.4, 0.5) is 0 Å². The van der Waals surface area contributed by atoms with E-state index in [1.165, 1.54) is 5.56 Å². The van der Waals surface area contributed by atoms with Gasteiger partial charge in [-0.25, -0.2) is 0 Å². The van der Waals surface area contributed by atoms with E-state index in [4.69, 9.17) is 9.31 Å². The molecular weight excluding hydrogens is 359 g/mol. The third kappa shape index (κ3) is 8.05. The van der Waals surface area contributed by atoms with Crippen molar-refractivity contribution in [1.29, 1.82) is 0 Å². The van der Waals surface area contributed by atoms with Crippen molar-refractivity contribution in [3.8, 4) is 0 Å². The Labute approximate surface area is 182 Å². The first-order chi connectivity index (χ1) is 13.8. The Balaban J connectivity index is 0.00000120. The molecule has 3 rings (SSSR count). The molecule has 2 aliphatic heterocycles. The lowest BCUT2D eigenvalue weighted by Gasteiger charge is -2.32. The van der Waals surface area contributed by atoms with E-state index >= 15 is 0 Å². The Kier molecular flexibility index (Phi) is 13.0. The lowest BCUT2D eigenvalue weighted by molar-refractivity contribution is 0.00578. The molecule has 0 aromatic heterocycles. The summed E-state index contributed by atoms with van der Waals surface area (Å²) in [4.78, 5) is 4.90. The molecule has 2 fully saturated rings. The summed E-state index contributed by atoms with van der Waals surface area (Å²) < 4.78 is 12.2. The molecule has 0 amide bonds. The van der Waals surface area contributed by atoms with Crippen molar-refractivity contribution >= 4 is 12.6 Å². The number of benzene rings is 1. The molecule has 0 spiro atoms. The SMILES string of the molecule is CC.CC.CC.CN1CCN(Cc2ccc(B3OC(C)(C)C(C)(C)O3)cc2)CC1. The van der Waals surface area contributed by atoms with Gasteiger partial charge in [-0.05, 0) is 45.8 Å². The normalized spacial score (nSPS) is 20.4. The van der Waals surface area contributed by atoms with Crippen LogP contribution in [0.3, 0.4) is 0 Å². The molecule has 5 heteroatoms. The van der Waals surface area contributed by atoms with Crippen molar-refractivity contribution in [2.45, 2.75) is 87.0 Å². The third-order valence-electron chi connectivity index (χ3n) is 5.51. The second-order valence-electron chi connectivity index (χ2n) is 7.91. The summed E-state index contributed by atoms with van der Waals surface area (Å²) >= 11 is 0. The highest BCUT2D eigenvalue weighted by molar-refractivity contribution is 6.62. The first-order valence-corrected chi connectivity index (χ1v) is 11.6. The molecule has 0 atom stereocenters. The molecule has 2 heterocycles. The Morgan fingerprint density at radius 3 is 1.59 bits per heavy atom. The second kappa shape index (κ2) is 13.4. The van der Waals surface area contributed by atoms with Crippen molar-refractivity contribution < 1.29 is 9.31 Å². The van der Waals surface area contributed by atoms with Crippen LogP contribution in [-0.4, -0.2) is 61.3 Å². The van der Waals surface area contributed by atoms with Crippen molar-refractivity contribution in [2.24, 2.45) is 0 Å². The highest BCUT2D eigenvalue weighted by Crippen LogP contribution is 2.36. The first kappa shape index (κ1) is 28.1. The standard InChI is InChI=1S/C18H29BN2O2.3C2H6/c1-17(2)18(3,4)23-19(22-17)16-8-6-15(7-9-16)14-21-12-10-20(5)11-13-21;3*1-2/h6-9H,10-14H2,1-5H3;3*1-2H3. The number of likely N-dealkylation sites (N-methyl/N-ethyl adjacent to an activating group) is 1. The van der Waals surface area contributed by atoms with Gasteiger partial charge < -0.3 is 14.2 Å². The molecule has 1 aromatic carbocycles. The lowest BCUT2D eigenvalue weighted by Crippen LogP contribution is -2.43. The molecule has 4 nitrogen and oxygen atoms in total. The maximum atomic E-state index is 6.11. The summed E-state index contributed by atoms with van der Waals surface area (Å²) in [5.41, 5.74) is 1.90. The smallest absolute Gasteiger partial charge is 0.399 e. The van der Waals surface area contributed by atoms with Gasteiger partial charge >= 0.3 is 7.12 Å². The molecule has 168 valence electrons. The van der Waals surface area contributed by atoms with Gasteiger partial charge in [-0.1, -0.05) is 65.8 Å². The van der Waals surface area contributed by atoms with Crippen molar-refractivity contribution in [3.63, 3.8) is 0 Å². The fourth-order valence-electron chi connectivity index (χ4n) is 3.02. The van der Waals surface area contributed by atoms with Crippen LogP contribution in [0.2, 0.25) is 0 Å². The Morgan fingerprint density at radius 1 is 0.759 bits per heavy atom. The number of hydrogen-bond donors (Lipinski definition) is 0. The van der Waals surface area contributed by atoms with E-state index in [1.807, 2.05) is 41.5 Å². The Bertz CT molecular complexity index is 522. The summed E-state index contributed by atoms with van der Waals surface area (Å²) in [5.74, 6) is 0. The van der Waals surface area contributed by atoms with Crippen LogP contribution < -0.4 is 5.46 Å². The largest absolute Gasteiger partial charge is 0.494 e. The van der Waals surface area contributed by atoms with E-state index in [0.717, 1.165) is 38.2 Å². The van der Waals surface area contributed by atoms with Gasteiger partial charge in [-0.2, -0.15) is 0 Å². The van der Waals surface area contributed by atoms with Crippen LogP contribution in [0.25, 0.3) is 0 Å². The molecule has 0 saturated carbocycles. The van der Waals surface area contributed by atoms with Crippen LogP contribution in [0.1, 0.15) is 74.8 Å². The zero-order chi connectivity index (χ0) is 22.7. The van der Waals surface area contributed by atoms with E-state index in [0.29, 0.717) is 0 Å². The van der Waals surface area contributed by atoms with Gasteiger partial charge in [0.2, 0.25) is 0 Å². The van der Waals surface area contributed by atoms with Crippen LogP contribution >= 0.6 is 0 Å². The molecule has 1 aromatic rings. The summed E-state index contributed by atoms with van der Waals surface area (Å²) in [6, 6.07) is 8.71. The maximum Gasteiger partial charge on any atom is 0.494 e. The van der Waals surface area contributed by atoms with Gasteiger partial charge in [0.05, 0.1) is 11.2 Å². The van der Waals surface area contributed by atoms with E-state index in [2.05, 4.69) is 68.8 Å². The zero-order valence-corrected chi connectivity index (χ0v) is 21.1. The minimum Gasteiger partial charge on any atom is -0.399 e. The number of hydrogen-bond acceptors (Lipinski definition) is 4. The van der Waals surface area contributed by atoms with Gasteiger partial charge in [-0.15, -0.1) is 0 Å². The van der Waals surface area contributed by atoms with Gasteiger partial charge in [0.1, 0.15) is 0 Å². The molecule has 0 unspecified atom stereocenters. The average molecular weight is 406 g/mol. The summed E-state index contributed by atoms with van der Waals surface area (Å²) in [6.45, 7) is 26.0. The summed E-state index contributed by atoms with van der Waals surface area (Å²) in [6.07, 6.45) is 0. The minimum absolute atomic E-state index is 0.266. The van der Waals surface area contributed by atoms with E-state index < -0.39 is 0 Å². The number of piperazine rings is 1. The number of nitrogens with zero attached hydrogens (tertiary/aromatic N) is 2. The number of rotatable bonds is 3. The molecule has 0 aliphatic carbocycles. The van der Waals surface area contributed by atoms with E-state index in [9.17, 15) is 0 Å². The quantitative estimate of drug-likeness (QED) is 0.673. The van der Waals surface area contributed by atoms with Crippen LogP contribution in [0, 0.1) is 0 Å². The van der Waals surface area contributed by atoms with E-state index in [1.54, 1.807) is 0 Å². The van der Waals surface area contributed by atoms with Crippen molar-refractivity contribution in [3.05, 3.63) is 29.8 Å². The summed E-state index contributed by atoms with van der Waals surface area (Å²) in [7, 11) is 1.93. The van der Waals surface area contributed by atoms with Crippen LogP contribution in [0.5, 0.6) is 0 Å². The molecule has 0 radical (unpaired) electrons. The highest BCUT2D eigenvalue weighted by atomic mass is 16.7. The third-order valence-corrected chi connectivity index (χ3v) is 5.51. The molecule has 2 saturated heterocycles. The predicted octanol–water partition coefficient (Wildman–Crippen LogP) is 4.81. The maximum absolute atomic E-state index is 6.11. The first-order valence-electron chi connectivity index (χ1n) is 11.6. The Hall–Kier alpha value is -0.875. The molecule has 2 aliphatic rings. The van der Waals surface area contributed by atoms with Gasteiger partial charge in [-0.3, -0.25) is 4.90 Å². The molecule has 0 N–H and O–H groups in total. The summed E-state index contributed by atoms with van der Waals surface area (Å²) in [5, 5.41) is 0.